The van der Waals surface area contributed by atoms with E-state index in [0.29, 0.717) is 5.56 Å². The van der Waals surface area contributed by atoms with Crippen LogP contribution in [0.2, 0.25) is 0 Å². The number of Topliss-reactive ketones (excluding diaryl/α,β-unsaturated/α-hetero) is 1. The SMILES string of the molecule is CC(=O)C(NC(=O)c1ccnc2ccccc12)c1ccccc1. The predicted molar refractivity (Wildman–Crippen MR) is 89.1 cm³/mol. The van der Waals surface area contributed by atoms with Gasteiger partial charge in [0.05, 0.1) is 11.1 Å². The average molecular weight is 304 g/mol. The topological polar surface area (TPSA) is 59.1 Å². The number of carbonyl (C=O) groups is 2. The molecule has 1 heterocycles. The minimum absolute atomic E-state index is 0.108. The fourth-order valence-corrected chi connectivity index (χ4v) is 2.57. The maximum atomic E-state index is 12.7. The molecule has 1 atom stereocenters. The van der Waals surface area contributed by atoms with Crippen molar-refractivity contribution < 1.29 is 9.59 Å². The molecule has 0 saturated heterocycles. The van der Waals surface area contributed by atoms with Crippen LogP contribution in [0.15, 0.2) is 66.9 Å². The Morgan fingerprint density at radius 1 is 0.957 bits per heavy atom. The number of para-hydroxylation sites is 1. The molecule has 4 nitrogen and oxygen atoms in total. The minimum Gasteiger partial charge on any atom is -0.338 e. The van der Waals surface area contributed by atoms with Gasteiger partial charge in [0.15, 0.2) is 5.78 Å². The third kappa shape index (κ3) is 3.11. The maximum absolute atomic E-state index is 12.7. The summed E-state index contributed by atoms with van der Waals surface area (Å²) >= 11 is 0. The van der Waals surface area contributed by atoms with Gasteiger partial charge in [-0.3, -0.25) is 14.6 Å². The highest BCUT2D eigenvalue weighted by Gasteiger charge is 2.20. The zero-order chi connectivity index (χ0) is 16.2. The van der Waals surface area contributed by atoms with Gasteiger partial charge in [0.25, 0.3) is 5.91 Å². The van der Waals surface area contributed by atoms with Crippen molar-refractivity contribution in [1.82, 2.24) is 10.3 Å². The summed E-state index contributed by atoms with van der Waals surface area (Å²) in [5.41, 5.74) is 2.03. The molecular formula is C19H16N2O2. The van der Waals surface area contributed by atoms with E-state index in [0.717, 1.165) is 16.5 Å². The Morgan fingerprint density at radius 3 is 2.39 bits per heavy atom. The Kier molecular flexibility index (Phi) is 4.15. The molecule has 4 heteroatoms. The number of hydrogen-bond acceptors (Lipinski definition) is 3. The van der Waals surface area contributed by atoms with Crippen LogP contribution in [0.1, 0.15) is 28.9 Å². The van der Waals surface area contributed by atoms with Gasteiger partial charge in [0.1, 0.15) is 6.04 Å². The van der Waals surface area contributed by atoms with Gasteiger partial charge in [-0.1, -0.05) is 48.5 Å². The lowest BCUT2D eigenvalue weighted by Crippen LogP contribution is -2.32. The van der Waals surface area contributed by atoms with Gasteiger partial charge in [-0.15, -0.1) is 0 Å². The lowest BCUT2D eigenvalue weighted by molar-refractivity contribution is -0.118. The standard InChI is InChI=1S/C19H16N2O2/c1-13(22)18(14-7-3-2-4-8-14)21-19(23)16-11-12-20-17-10-6-5-9-15(16)17/h2-12,18H,1H3,(H,21,23). The molecule has 1 aromatic heterocycles. The van der Waals surface area contributed by atoms with Gasteiger partial charge in [-0.25, -0.2) is 0 Å². The monoisotopic (exact) mass is 304 g/mol. The lowest BCUT2D eigenvalue weighted by Gasteiger charge is -2.17. The fraction of sp³-hybridized carbons (Fsp3) is 0.105. The highest BCUT2D eigenvalue weighted by molar-refractivity contribution is 6.07. The van der Waals surface area contributed by atoms with Crippen molar-refractivity contribution in [3.8, 4) is 0 Å². The third-order valence-electron chi connectivity index (χ3n) is 3.71. The number of carbonyl (C=O) groups excluding carboxylic acids is 2. The Labute approximate surface area is 134 Å². The van der Waals surface area contributed by atoms with Crippen molar-refractivity contribution in [3.63, 3.8) is 0 Å². The minimum atomic E-state index is -0.657. The second-order valence-corrected chi connectivity index (χ2v) is 5.30. The first-order valence-electron chi connectivity index (χ1n) is 7.37. The molecule has 114 valence electrons. The largest absolute Gasteiger partial charge is 0.338 e. The van der Waals surface area contributed by atoms with Gasteiger partial charge in [-0.2, -0.15) is 0 Å². The first-order valence-corrected chi connectivity index (χ1v) is 7.37. The number of hydrogen-bond donors (Lipinski definition) is 1. The van der Waals surface area contributed by atoms with Gasteiger partial charge in [-0.05, 0) is 24.6 Å². The van der Waals surface area contributed by atoms with Crippen LogP contribution >= 0.6 is 0 Å². The summed E-state index contributed by atoms with van der Waals surface area (Å²) in [6.07, 6.45) is 1.60. The number of nitrogens with one attached hydrogen (secondary N) is 1. The van der Waals surface area contributed by atoms with Gasteiger partial charge < -0.3 is 5.32 Å². The predicted octanol–water partition coefficient (Wildman–Crippen LogP) is 3.29. The summed E-state index contributed by atoms with van der Waals surface area (Å²) in [6.45, 7) is 1.47. The summed E-state index contributed by atoms with van der Waals surface area (Å²) in [5.74, 6) is -0.393. The molecule has 0 aliphatic carbocycles. The van der Waals surface area contributed by atoms with Crippen LogP contribution in [-0.2, 0) is 4.79 Å². The molecular weight excluding hydrogens is 288 g/mol. The number of fused-ring (bicyclic) bond motifs is 1. The molecule has 1 unspecified atom stereocenters. The van der Waals surface area contributed by atoms with E-state index in [-0.39, 0.29) is 11.7 Å². The molecule has 0 fully saturated rings. The lowest BCUT2D eigenvalue weighted by atomic mass is 10.0. The highest BCUT2D eigenvalue weighted by Crippen LogP contribution is 2.19. The van der Waals surface area contributed by atoms with Crippen LogP contribution in [-0.4, -0.2) is 16.7 Å². The van der Waals surface area contributed by atoms with Crippen LogP contribution < -0.4 is 5.32 Å². The Bertz CT molecular complexity index is 854. The molecule has 0 bridgehead atoms. The van der Waals surface area contributed by atoms with Crippen molar-refractivity contribution in [1.29, 1.82) is 0 Å². The van der Waals surface area contributed by atoms with Crippen molar-refractivity contribution in [3.05, 3.63) is 78.0 Å². The molecule has 23 heavy (non-hydrogen) atoms. The van der Waals surface area contributed by atoms with Crippen LogP contribution in [0.25, 0.3) is 10.9 Å². The van der Waals surface area contributed by atoms with Crippen molar-refractivity contribution >= 4 is 22.6 Å². The van der Waals surface area contributed by atoms with E-state index < -0.39 is 6.04 Å². The fourth-order valence-electron chi connectivity index (χ4n) is 2.57. The van der Waals surface area contributed by atoms with E-state index in [1.807, 2.05) is 54.6 Å². The first-order chi connectivity index (χ1) is 11.2. The number of nitrogens with zero attached hydrogens (tertiary/aromatic N) is 1. The van der Waals surface area contributed by atoms with Crippen molar-refractivity contribution in [2.45, 2.75) is 13.0 Å². The summed E-state index contributed by atoms with van der Waals surface area (Å²) in [4.78, 5) is 28.9. The highest BCUT2D eigenvalue weighted by atomic mass is 16.2. The van der Waals surface area contributed by atoms with Gasteiger partial charge in [0.2, 0.25) is 0 Å². The molecule has 3 aromatic rings. The Balaban J connectivity index is 1.94. The van der Waals surface area contributed by atoms with E-state index in [2.05, 4.69) is 10.3 Å². The molecule has 0 saturated carbocycles. The molecule has 1 amide bonds. The van der Waals surface area contributed by atoms with E-state index in [1.165, 1.54) is 6.92 Å². The van der Waals surface area contributed by atoms with Gasteiger partial charge >= 0.3 is 0 Å². The third-order valence-corrected chi connectivity index (χ3v) is 3.71. The first kappa shape index (κ1) is 14.9. The number of amides is 1. The number of benzene rings is 2. The number of rotatable bonds is 4. The zero-order valence-corrected chi connectivity index (χ0v) is 12.7. The van der Waals surface area contributed by atoms with Gasteiger partial charge in [0, 0.05) is 11.6 Å². The molecule has 0 radical (unpaired) electrons. The average Bonchev–Trinajstić information content (AvgIpc) is 2.59. The molecule has 0 aliphatic heterocycles. The summed E-state index contributed by atoms with van der Waals surface area (Å²) in [5, 5.41) is 3.59. The quantitative estimate of drug-likeness (QED) is 0.804. The summed E-state index contributed by atoms with van der Waals surface area (Å²) < 4.78 is 0. The van der Waals surface area contributed by atoms with E-state index in [1.54, 1.807) is 12.3 Å². The number of ketones is 1. The summed E-state index contributed by atoms with van der Waals surface area (Å²) in [6, 6.07) is 17.7. The summed E-state index contributed by atoms with van der Waals surface area (Å²) in [7, 11) is 0. The molecule has 0 spiro atoms. The Hall–Kier alpha value is -3.01. The number of pyridine rings is 1. The number of aromatic nitrogens is 1. The van der Waals surface area contributed by atoms with E-state index in [9.17, 15) is 9.59 Å². The zero-order valence-electron chi connectivity index (χ0n) is 12.7. The van der Waals surface area contributed by atoms with E-state index in [4.69, 9.17) is 0 Å². The second kappa shape index (κ2) is 6.40. The van der Waals surface area contributed by atoms with Crippen LogP contribution in [0.3, 0.4) is 0 Å². The van der Waals surface area contributed by atoms with Crippen molar-refractivity contribution in [2.75, 3.05) is 0 Å². The van der Waals surface area contributed by atoms with E-state index >= 15 is 0 Å². The smallest absolute Gasteiger partial charge is 0.252 e. The molecule has 1 N–H and O–H groups in total. The molecule has 3 rings (SSSR count). The Morgan fingerprint density at radius 2 is 1.65 bits per heavy atom. The normalized spacial score (nSPS) is 11.9. The molecule has 2 aromatic carbocycles. The van der Waals surface area contributed by atoms with Crippen LogP contribution in [0.4, 0.5) is 0 Å². The van der Waals surface area contributed by atoms with Crippen molar-refractivity contribution in [2.24, 2.45) is 0 Å². The second-order valence-electron chi connectivity index (χ2n) is 5.30. The van der Waals surface area contributed by atoms with Crippen LogP contribution in [0.5, 0.6) is 0 Å². The van der Waals surface area contributed by atoms with Crippen LogP contribution in [0, 0.1) is 0 Å². The molecule has 0 aliphatic rings. The maximum Gasteiger partial charge on any atom is 0.252 e.